The molecule has 3 aromatic rings. The molecule has 1 N–H and O–H groups in total. The number of amides is 4. The van der Waals surface area contributed by atoms with Crippen LogP contribution in [0.3, 0.4) is 0 Å². The lowest BCUT2D eigenvalue weighted by molar-refractivity contribution is -0.139. The molecule has 2 aliphatic rings. The minimum Gasteiger partial charge on any atom is -0.493 e. The number of imide groups is 1. The number of likely N-dealkylation sites (N-methyl/N-ethyl adjacent to an activating group) is 1. The summed E-state index contributed by atoms with van der Waals surface area (Å²) in [5.74, 6) is 0.0792. The van der Waals surface area contributed by atoms with Crippen molar-refractivity contribution in [2.45, 2.75) is 44.7 Å². The Morgan fingerprint density at radius 2 is 1.86 bits per heavy atom. The van der Waals surface area contributed by atoms with Crippen LogP contribution < -0.4 is 10.1 Å². The summed E-state index contributed by atoms with van der Waals surface area (Å²) in [6.45, 7) is 2.62. The molecule has 1 heterocycles. The van der Waals surface area contributed by atoms with Gasteiger partial charge in [-0.05, 0) is 53.6 Å². The van der Waals surface area contributed by atoms with E-state index < -0.39 is 11.6 Å². The Hall–Kier alpha value is -3.87. The number of urea groups is 1. The summed E-state index contributed by atoms with van der Waals surface area (Å²) < 4.78 is 5.98. The van der Waals surface area contributed by atoms with Gasteiger partial charge in [0, 0.05) is 19.2 Å². The fourth-order valence-corrected chi connectivity index (χ4v) is 5.36. The molecule has 1 saturated heterocycles. The maximum absolute atomic E-state index is 13.6. The van der Waals surface area contributed by atoms with Crippen molar-refractivity contribution >= 4 is 28.6 Å². The van der Waals surface area contributed by atoms with Crippen molar-refractivity contribution in [3.8, 4) is 5.75 Å². The minimum atomic E-state index is -1.08. The number of ether oxygens (including phenoxy) is 1. The Kier molecular flexibility index (Phi) is 6.39. The van der Waals surface area contributed by atoms with E-state index >= 15 is 0 Å². The number of hydrogen-bond donors (Lipinski definition) is 1. The highest BCUT2D eigenvalue weighted by Crippen LogP contribution is 2.40. The summed E-state index contributed by atoms with van der Waals surface area (Å²) in [6, 6.07) is 19.2. The monoisotopic (exact) mass is 485 g/mol. The van der Waals surface area contributed by atoms with Crippen LogP contribution in [0.4, 0.5) is 4.79 Å². The topological polar surface area (TPSA) is 79.0 Å². The quantitative estimate of drug-likeness (QED) is 0.504. The number of nitrogens with one attached hydrogen (secondary N) is 1. The first-order valence-electron chi connectivity index (χ1n) is 12.5. The maximum Gasteiger partial charge on any atom is 0.325 e. The van der Waals surface area contributed by atoms with Crippen molar-refractivity contribution in [1.29, 1.82) is 0 Å². The molecule has 1 aliphatic heterocycles. The van der Waals surface area contributed by atoms with Crippen LogP contribution in [0.25, 0.3) is 10.8 Å². The molecule has 0 aromatic heterocycles. The first-order chi connectivity index (χ1) is 17.4. The highest BCUT2D eigenvalue weighted by molar-refractivity contribution is 6.09. The third-order valence-electron chi connectivity index (χ3n) is 7.22. The molecule has 186 valence electrons. The van der Waals surface area contributed by atoms with Gasteiger partial charge in [-0.25, -0.2) is 4.79 Å². The minimum absolute atomic E-state index is 0.302. The fourth-order valence-electron chi connectivity index (χ4n) is 5.36. The number of nitrogens with zero attached hydrogens (tertiary/aromatic N) is 2. The number of benzene rings is 3. The smallest absolute Gasteiger partial charge is 0.325 e. The van der Waals surface area contributed by atoms with Gasteiger partial charge in [-0.1, -0.05) is 61.5 Å². The summed E-state index contributed by atoms with van der Waals surface area (Å²) >= 11 is 0. The van der Waals surface area contributed by atoms with Gasteiger partial charge in [0.2, 0.25) is 5.91 Å². The first-order valence-corrected chi connectivity index (χ1v) is 12.5. The lowest BCUT2D eigenvalue weighted by Gasteiger charge is -2.33. The van der Waals surface area contributed by atoms with E-state index in [0.29, 0.717) is 19.6 Å². The van der Waals surface area contributed by atoms with E-state index in [9.17, 15) is 14.4 Å². The molecule has 1 spiro atoms. The van der Waals surface area contributed by atoms with Gasteiger partial charge in [-0.15, -0.1) is 0 Å². The van der Waals surface area contributed by atoms with Crippen LogP contribution in [-0.2, 0) is 28.1 Å². The molecule has 0 saturated carbocycles. The van der Waals surface area contributed by atoms with E-state index in [-0.39, 0.29) is 18.4 Å². The van der Waals surface area contributed by atoms with Crippen molar-refractivity contribution in [2.75, 3.05) is 20.2 Å². The Labute approximate surface area is 211 Å². The molecule has 4 amide bonds. The highest BCUT2D eigenvalue weighted by Gasteiger charge is 2.54. The number of aryl methyl sites for hydroxylation is 1. The molecule has 5 rings (SSSR count). The van der Waals surface area contributed by atoms with Gasteiger partial charge < -0.3 is 15.0 Å². The highest BCUT2D eigenvalue weighted by atomic mass is 16.5. The molecule has 36 heavy (non-hydrogen) atoms. The van der Waals surface area contributed by atoms with E-state index in [4.69, 9.17) is 4.74 Å². The molecule has 0 bridgehead atoms. The summed E-state index contributed by atoms with van der Waals surface area (Å²) in [7, 11) is 1.69. The number of rotatable bonds is 7. The van der Waals surface area contributed by atoms with Crippen LogP contribution in [0.15, 0.2) is 60.7 Å². The van der Waals surface area contributed by atoms with Crippen molar-refractivity contribution in [1.82, 2.24) is 15.1 Å². The summed E-state index contributed by atoms with van der Waals surface area (Å²) in [6.07, 6.45) is 3.07. The van der Waals surface area contributed by atoms with Crippen molar-refractivity contribution < 1.29 is 19.1 Å². The SMILES string of the molecule is CCCOc1ccc2ccccc2c1CN(C)C(=O)CN1C(=O)NC2(CCCc3ccccc32)C1=O. The molecule has 7 heteroatoms. The van der Waals surface area contributed by atoms with Gasteiger partial charge in [0.05, 0.1) is 6.61 Å². The Balaban J connectivity index is 1.37. The molecule has 7 nitrogen and oxygen atoms in total. The third kappa shape index (κ3) is 4.08. The average Bonchev–Trinajstić information content (AvgIpc) is 3.12. The van der Waals surface area contributed by atoms with E-state index in [1.807, 2.05) is 67.6 Å². The van der Waals surface area contributed by atoms with Crippen LogP contribution in [0, 0.1) is 0 Å². The molecule has 1 fully saturated rings. The van der Waals surface area contributed by atoms with Gasteiger partial charge in [0.1, 0.15) is 17.8 Å². The molecule has 0 radical (unpaired) electrons. The van der Waals surface area contributed by atoms with Gasteiger partial charge in [0.15, 0.2) is 0 Å². The lowest BCUT2D eigenvalue weighted by atomic mass is 9.76. The Morgan fingerprint density at radius 3 is 2.69 bits per heavy atom. The van der Waals surface area contributed by atoms with Crippen LogP contribution >= 0.6 is 0 Å². The van der Waals surface area contributed by atoms with E-state index in [0.717, 1.165) is 57.4 Å². The molecule has 1 atom stereocenters. The number of hydrogen-bond acceptors (Lipinski definition) is 4. The molecule has 1 aliphatic carbocycles. The predicted octanol–water partition coefficient (Wildman–Crippen LogP) is 4.37. The van der Waals surface area contributed by atoms with Crippen LogP contribution in [-0.4, -0.2) is 47.8 Å². The molecule has 3 aromatic carbocycles. The molecule has 1 unspecified atom stereocenters. The number of carbonyl (C=O) groups is 3. The van der Waals surface area contributed by atoms with E-state index in [2.05, 4.69) is 5.32 Å². The largest absolute Gasteiger partial charge is 0.493 e. The standard InChI is InChI=1S/C29H31N3O4/c1-3-17-36-25-15-14-20-9-4-6-12-22(20)23(25)18-31(2)26(33)19-32-27(34)29(30-28(32)35)16-8-11-21-10-5-7-13-24(21)29/h4-7,9-10,12-15H,3,8,11,16-19H2,1-2H3,(H,30,35). The Bertz CT molecular complexity index is 1340. The van der Waals surface area contributed by atoms with Crippen LogP contribution in [0.5, 0.6) is 5.75 Å². The lowest BCUT2D eigenvalue weighted by Crippen LogP contribution is -2.47. The maximum atomic E-state index is 13.6. The zero-order valence-electron chi connectivity index (χ0n) is 20.8. The van der Waals surface area contributed by atoms with Crippen molar-refractivity contribution in [2.24, 2.45) is 0 Å². The van der Waals surface area contributed by atoms with Crippen LogP contribution in [0.2, 0.25) is 0 Å². The van der Waals surface area contributed by atoms with E-state index in [1.165, 1.54) is 0 Å². The van der Waals surface area contributed by atoms with Gasteiger partial charge in [-0.2, -0.15) is 0 Å². The second kappa shape index (κ2) is 9.64. The molecular weight excluding hydrogens is 454 g/mol. The number of fused-ring (bicyclic) bond motifs is 3. The van der Waals surface area contributed by atoms with Crippen LogP contribution in [0.1, 0.15) is 42.9 Å². The van der Waals surface area contributed by atoms with Gasteiger partial charge in [-0.3, -0.25) is 14.5 Å². The Morgan fingerprint density at radius 1 is 1.08 bits per heavy atom. The molecular formula is C29H31N3O4. The first kappa shape index (κ1) is 23.9. The van der Waals surface area contributed by atoms with Gasteiger partial charge in [0.25, 0.3) is 5.91 Å². The zero-order chi connectivity index (χ0) is 25.3. The van der Waals surface area contributed by atoms with Crippen molar-refractivity contribution in [3.05, 3.63) is 77.4 Å². The van der Waals surface area contributed by atoms with Crippen molar-refractivity contribution in [3.63, 3.8) is 0 Å². The summed E-state index contributed by atoms with van der Waals surface area (Å²) in [4.78, 5) is 42.4. The number of carbonyl (C=O) groups excluding carboxylic acids is 3. The summed E-state index contributed by atoms with van der Waals surface area (Å²) in [5, 5.41) is 4.99. The average molecular weight is 486 g/mol. The zero-order valence-corrected chi connectivity index (χ0v) is 20.8. The fraction of sp³-hybridized carbons (Fsp3) is 0.345. The second-order valence-corrected chi connectivity index (χ2v) is 9.60. The second-order valence-electron chi connectivity index (χ2n) is 9.60. The van der Waals surface area contributed by atoms with E-state index in [1.54, 1.807) is 11.9 Å². The summed E-state index contributed by atoms with van der Waals surface area (Å²) in [5.41, 5.74) is 1.73. The third-order valence-corrected chi connectivity index (χ3v) is 7.22. The predicted molar refractivity (Wildman–Crippen MR) is 138 cm³/mol. The van der Waals surface area contributed by atoms with Gasteiger partial charge >= 0.3 is 6.03 Å². The normalized spacial score (nSPS) is 18.9.